The van der Waals surface area contributed by atoms with Crippen molar-refractivity contribution in [3.8, 4) is 11.6 Å². The van der Waals surface area contributed by atoms with E-state index >= 15 is 0 Å². The van der Waals surface area contributed by atoms with Crippen LogP contribution in [-0.2, 0) is 4.79 Å². The van der Waals surface area contributed by atoms with E-state index in [1.165, 1.54) is 12.1 Å². The topological polar surface area (TPSA) is 60.5 Å². The molecule has 138 valence electrons. The Morgan fingerprint density at radius 3 is 2.65 bits per heavy atom. The molecule has 1 saturated carbocycles. The van der Waals surface area contributed by atoms with Crippen LogP contribution in [0, 0.1) is 12.7 Å². The lowest BCUT2D eigenvalue weighted by Crippen LogP contribution is -2.41. The molecule has 0 aliphatic heterocycles. The Kier molecular flexibility index (Phi) is 6.04. The zero-order chi connectivity index (χ0) is 18.4. The number of pyridine rings is 1. The molecule has 0 saturated heterocycles. The van der Waals surface area contributed by atoms with Crippen LogP contribution in [0.1, 0.15) is 31.2 Å². The molecule has 0 radical (unpaired) electrons. The Morgan fingerprint density at radius 2 is 1.96 bits per heavy atom. The van der Waals surface area contributed by atoms with Crippen LogP contribution in [0.4, 0.5) is 4.39 Å². The number of rotatable bonds is 6. The average Bonchev–Trinajstić information content (AvgIpc) is 2.64. The number of nitrogens with zero attached hydrogens (tertiary/aromatic N) is 1. The fourth-order valence-corrected chi connectivity index (χ4v) is 2.99. The number of aryl methyl sites for hydroxylation is 1. The number of carbonyl (C=O) groups is 1. The van der Waals surface area contributed by atoms with Crippen molar-refractivity contribution in [3.63, 3.8) is 0 Å². The molecule has 0 bridgehead atoms. The van der Waals surface area contributed by atoms with Gasteiger partial charge in [0.1, 0.15) is 6.10 Å². The Balaban J connectivity index is 1.38. The number of para-hydroxylation sites is 1. The minimum atomic E-state index is -0.470. The van der Waals surface area contributed by atoms with Crippen molar-refractivity contribution in [1.29, 1.82) is 0 Å². The summed E-state index contributed by atoms with van der Waals surface area (Å²) in [5.74, 6) is 0.0206. The van der Waals surface area contributed by atoms with Crippen LogP contribution in [0.25, 0.3) is 0 Å². The first-order valence-corrected chi connectivity index (χ1v) is 8.86. The van der Waals surface area contributed by atoms with Crippen LogP contribution in [-0.4, -0.2) is 29.6 Å². The van der Waals surface area contributed by atoms with Crippen LogP contribution < -0.4 is 14.8 Å². The van der Waals surface area contributed by atoms with Gasteiger partial charge in [0.2, 0.25) is 5.88 Å². The summed E-state index contributed by atoms with van der Waals surface area (Å²) in [6, 6.07) is 10.0. The Morgan fingerprint density at radius 1 is 1.19 bits per heavy atom. The summed E-state index contributed by atoms with van der Waals surface area (Å²) in [4.78, 5) is 16.3. The summed E-state index contributed by atoms with van der Waals surface area (Å²) in [5.41, 5.74) is 1.10. The normalized spacial score (nSPS) is 19.6. The second-order valence-corrected chi connectivity index (χ2v) is 6.55. The zero-order valence-corrected chi connectivity index (χ0v) is 14.8. The van der Waals surface area contributed by atoms with E-state index in [0.717, 1.165) is 31.2 Å². The van der Waals surface area contributed by atoms with Gasteiger partial charge in [-0.2, -0.15) is 0 Å². The number of hydrogen-bond acceptors (Lipinski definition) is 4. The molecule has 3 rings (SSSR count). The Labute approximate surface area is 152 Å². The predicted octanol–water partition coefficient (Wildman–Crippen LogP) is 3.41. The second-order valence-electron chi connectivity index (χ2n) is 6.55. The van der Waals surface area contributed by atoms with E-state index in [1.54, 1.807) is 18.3 Å². The van der Waals surface area contributed by atoms with Gasteiger partial charge in [0, 0.05) is 18.3 Å². The summed E-state index contributed by atoms with van der Waals surface area (Å²) in [6.07, 6.45) is 5.29. The first-order valence-electron chi connectivity index (χ1n) is 8.86. The maximum absolute atomic E-state index is 13.5. The molecule has 2 aromatic rings. The van der Waals surface area contributed by atoms with Crippen molar-refractivity contribution in [2.75, 3.05) is 6.61 Å². The molecule has 1 aromatic heterocycles. The molecule has 1 aliphatic rings. The van der Waals surface area contributed by atoms with Crippen LogP contribution in [0.5, 0.6) is 11.6 Å². The number of benzene rings is 1. The van der Waals surface area contributed by atoms with Gasteiger partial charge in [-0.05, 0) is 50.3 Å². The average molecular weight is 358 g/mol. The number of halogens is 1. The lowest BCUT2D eigenvalue weighted by molar-refractivity contribution is -0.124. The molecule has 0 spiro atoms. The minimum absolute atomic E-state index is 0.0883. The second kappa shape index (κ2) is 8.65. The molecule has 6 heteroatoms. The van der Waals surface area contributed by atoms with E-state index < -0.39 is 5.82 Å². The van der Waals surface area contributed by atoms with Crippen LogP contribution >= 0.6 is 0 Å². The monoisotopic (exact) mass is 358 g/mol. The molecule has 1 aromatic carbocycles. The lowest BCUT2D eigenvalue weighted by Gasteiger charge is -2.29. The molecule has 0 atom stereocenters. The molecule has 5 nitrogen and oxygen atoms in total. The molecule has 1 N–H and O–H groups in total. The van der Waals surface area contributed by atoms with Crippen molar-refractivity contribution in [1.82, 2.24) is 10.3 Å². The van der Waals surface area contributed by atoms with Gasteiger partial charge >= 0.3 is 0 Å². The molecular weight excluding hydrogens is 335 g/mol. The summed E-state index contributed by atoms with van der Waals surface area (Å²) in [6.45, 7) is 1.80. The molecule has 1 amide bonds. The minimum Gasteiger partial charge on any atom is -0.481 e. The Hall–Kier alpha value is -2.63. The SMILES string of the molecule is Cc1ccc(OC2CCC(NC(=O)COc3ccccc3F)CC2)nc1. The van der Waals surface area contributed by atoms with Gasteiger partial charge in [0.25, 0.3) is 5.91 Å². The third kappa shape index (κ3) is 5.18. The number of amides is 1. The first-order chi connectivity index (χ1) is 12.6. The van der Waals surface area contributed by atoms with Crippen LogP contribution in [0.2, 0.25) is 0 Å². The molecular formula is C20H23FN2O3. The van der Waals surface area contributed by atoms with Gasteiger partial charge in [0.15, 0.2) is 18.2 Å². The molecule has 0 unspecified atom stereocenters. The third-order valence-electron chi connectivity index (χ3n) is 4.41. The van der Waals surface area contributed by atoms with Crippen molar-refractivity contribution >= 4 is 5.91 Å². The van der Waals surface area contributed by atoms with Gasteiger partial charge in [0.05, 0.1) is 0 Å². The van der Waals surface area contributed by atoms with Crippen molar-refractivity contribution in [3.05, 3.63) is 54.0 Å². The van der Waals surface area contributed by atoms with E-state index in [2.05, 4.69) is 10.3 Å². The number of aromatic nitrogens is 1. The van der Waals surface area contributed by atoms with Gasteiger partial charge in [-0.3, -0.25) is 4.79 Å². The van der Waals surface area contributed by atoms with E-state index in [1.807, 2.05) is 19.1 Å². The molecule has 26 heavy (non-hydrogen) atoms. The Bertz CT molecular complexity index is 728. The van der Waals surface area contributed by atoms with Gasteiger partial charge in [-0.1, -0.05) is 18.2 Å². The van der Waals surface area contributed by atoms with E-state index in [9.17, 15) is 9.18 Å². The van der Waals surface area contributed by atoms with Gasteiger partial charge < -0.3 is 14.8 Å². The van der Waals surface area contributed by atoms with Gasteiger partial charge in [-0.25, -0.2) is 9.37 Å². The van der Waals surface area contributed by atoms with E-state index in [0.29, 0.717) is 5.88 Å². The predicted molar refractivity (Wildman–Crippen MR) is 95.7 cm³/mol. The van der Waals surface area contributed by atoms with E-state index in [-0.39, 0.29) is 30.4 Å². The zero-order valence-electron chi connectivity index (χ0n) is 14.8. The van der Waals surface area contributed by atoms with Crippen molar-refractivity contribution in [2.45, 2.75) is 44.8 Å². The maximum atomic E-state index is 13.5. The van der Waals surface area contributed by atoms with Crippen LogP contribution in [0.15, 0.2) is 42.6 Å². The van der Waals surface area contributed by atoms with Crippen molar-refractivity contribution in [2.24, 2.45) is 0 Å². The number of carbonyl (C=O) groups excluding carboxylic acids is 1. The summed E-state index contributed by atoms with van der Waals surface area (Å²) in [7, 11) is 0. The highest BCUT2D eigenvalue weighted by Crippen LogP contribution is 2.23. The highest BCUT2D eigenvalue weighted by atomic mass is 19.1. The van der Waals surface area contributed by atoms with Crippen molar-refractivity contribution < 1.29 is 18.7 Å². The molecule has 1 heterocycles. The largest absolute Gasteiger partial charge is 0.481 e. The third-order valence-corrected chi connectivity index (χ3v) is 4.41. The fraction of sp³-hybridized carbons (Fsp3) is 0.400. The van der Waals surface area contributed by atoms with E-state index in [4.69, 9.17) is 9.47 Å². The maximum Gasteiger partial charge on any atom is 0.258 e. The first kappa shape index (κ1) is 18.2. The number of ether oxygens (including phenoxy) is 2. The van der Waals surface area contributed by atoms with Crippen LogP contribution in [0.3, 0.4) is 0 Å². The molecule has 1 aliphatic carbocycles. The quantitative estimate of drug-likeness (QED) is 0.860. The molecule has 1 fully saturated rings. The number of hydrogen-bond donors (Lipinski definition) is 1. The van der Waals surface area contributed by atoms with Gasteiger partial charge in [-0.15, -0.1) is 0 Å². The fourth-order valence-electron chi connectivity index (χ4n) is 2.99. The number of nitrogens with one attached hydrogen (secondary N) is 1. The highest BCUT2D eigenvalue weighted by molar-refractivity contribution is 5.77. The summed E-state index contributed by atoms with van der Waals surface area (Å²) < 4.78 is 24.6. The standard InChI is InChI=1S/C20H23FN2O3/c1-14-6-11-20(22-12-14)26-16-9-7-15(8-10-16)23-19(24)13-25-18-5-3-2-4-17(18)21/h2-6,11-12,15-16H,7-10,13H2,1H3,(H,23,24). The highest BCUT2D eigenvalue weighted by Gasteiger charge is 2.24. The summed E-state index contributed by atoms with van der Waals surface area (Å²) in [5, 5.41) is 2.94. The smallest absolute Gasteiger partial charge is 0.258 e. The lowest BCUT2D eigenvalue weighted by atomic mass is 9.93. The summed E-state index contributed by atoms with van der Waals surface area (Å²) >= 11 is 0.